The van der Waals surface area contributed by atoms with Crippen molar-refractivity contribution in [2.24, 2.45) is 10.2 Å². The van der Waals surface area contributed by atoms with Gasteiger partial charge in [-0.2, -0.15) is 5.11 Å². The monoisotopic (exact) mass is 414 g/mol. The molecule has 0 saturated carbocycles. The van der Waals surface area contributed by atoms with Gasteiger partial charge in [-0.3, -0.25) is 0 Å². The van der Waals surface area contributed by atoms with Gasteiger partial charge in [-0.05, 0) is 58.4 Å². The smallest absolute Gasteiger partial charge is 0.403 e. The maximum atomic E-state index is 10.7. The molecule has 0 N–H and O–H groups in total. The van der Waals surface area contributed by atoms with Gasteiger partial charge < -0.3 is 9.47 Å². The summed E-state index contributed by atoms with van der Waals surface area (Å²) in [5.74, 6) is 0.720. The van der Waals surface area contributed by atoms with Gasteiger partial charge in [-0.1, -0.05) is 20.8 Å². The van der Waals surface area contributed by atoms with E-state index in [4.69, 9.17) is 21.1 Å². The topological polar surface area (TPSA) is 60.2 Å². The zero-order chi connectivity index (χ0) is 20.7. The highest BCUT2D eigenvalue weighted by atomic mass is 35.5. The largest absolute Gasteiger partial charge is 0.465 e. The lowest BCUT2D eigenvalue weighted by Crippen LogP contribution is -2.31. The van der Waals surface area contributed by atoms with E-state index in [1.165, 1.54) is 4.90 Å². The first-order valence-corrected chi connectivity index (χ1v) is 10.2. The van der Waals surface area contributed by atoms with Crippen LogP contribution in [0.15, 0.2) is 39.4 Å². The Labute approximate surface area is 172 Å². The fourth-order valence-corrected chi connectivity index (χ4v) is 3.17. The van der Waals surface area contributed by atoms with Gasteiger partial charge >= 0.3 is 5.43 Å². The van der Waals surface area contributed by atoms with Crippen molar-refractivity contribution in [3.05, 3.63) is 24.3 Å². The first-order valence-electron chi connectivity index (χ1n) is 9.02. The van der Waals surface area contributed by atoms with Gasteiger partial charge in [0.15, 0.2) is 0 Å². The molecule has 0 aliphatic heterocycles. The molecular formula is C20H31ClN2O3S. The highest BCUT2D eigenvalue weighted by molar-refractivity contribution is 8.00. The van der Waals surface area contributed by atoms with Crippen LogP contribution in [0, 0.1) is 0 Å². The lowest BCUT2D eigenvalue weighted by Gasteiger charge is -2.27. The fraction of sp³-hybridized carbons (Fsp3) is 0.650. The second-order valence-corrected chi connectivity index (χ2v) is 10.7. The van der Waals surface area contributed by atoms with Crippen molar-refractivity contribution in [2.75, 3.05) is 6.61 Å². The number of halogens is 1. The summed E-state index contributed by atoms with van der Waals surface area (Å²) in [5, 5.41) is 8.81. The quantitative estimate of drug-likeness (QED) is 0.197. The highest BCUT2D eigenvalue weighted by Gasteiger charge is 2.27. The van der Waals surface area contributed by atoms with Gasteiger partial charge in [0, 0.05) is 27.7 Å². The van der Waals surface area contributed by atoms with Crippen LogP contribution in [0.3, 0.4) is 0 Å². The third-order valence-electron chi connectivity index (χ3n) is 3.15. The van der Waals surface area contributed by atoms with E-state index in [1.807, 2.05) is 52.0 Å². The number of nitrogens with zero attached hydrogens (tertiary/aromatic N) is 2. The lowest BCUT2D eigenvalue weighted by molar-refractivity contribution is 0.0672. The summed E-state index contributed by atoms with van der Waals surface area (Å²) >= 11 is 7.00. The number of hydrogen-bond donors (Lipinski definition) is 0. The highest BCUT2D eigenvalue weighted by Crippen LogP contribution is 2.33. The molecule has 0 aliphatic carbocycles. The van der Waals surface area contributed by atoms with Crippen LogP contribution in [0.25, 0.3) is 0 Å². The summed E-state index contributed by atoms with van der Waals surface area (Å²) in [6, 6.07) is 7.97. The third kappa shape index (κ3) is 11.2. The number of benzene rings is 1. The minimum atomic E-state index is -0.856. The third-order valence-corrected chi connectivity index (χ3v) is 4.38. The minimum Gasteiger partial charge on any atom is -0.465 e. The second kappa shape index (κ2) is 9.78. The van der Waals surface area contributed by atoms with Gasteiger partial charge in [0.1, 0.15) is 5.75 Å². The average molecular weight is 415 g/mol. The fourth-order valence-electron chi connectivity index (χ4n) is 2.11. The summed E-state index contributed by atoms with van der Waals surface area (Å²) in [5.41, 5.74) is -1.97. The van der Waals surface area contributed by atoms with Gasteiger partial charge in [-0.25, -0.2) is 4.79 Å². The first-order chi connectivity index (χ1) is 12.3. The lowest BCUT2D eigenvalue weighted by atomic mass is 10.1. The summed E-state index contributed by atoms with van der Waals surface area (Å²) in [6.45, 7) is 14.6. The molecule has 1 rings (SSSR count). The van der Waals surface area contributed by atoms with Crippen LogP contribution in [0.5, 0.6) is 5.75 Å². The van der Waals surface area contributed by atoms with Gasteiger partial charge in [0.05, 0.1) is 12.1 Å². The normalized spacial score (nSPS) is 14.8. The predicted molar refractivity (Wildman–Crippen MR) is 112 cm³/mol. The molecular weight excluding hydrogens is 384 g/mol. The number of hydrogen-bond acceptors (Lipinski definition) is 6. The molecule has 1 atom stereocenters. The van der Waals surface area contributed by atoms with Crippen molar-refractivity contribution in [3.8, 4) is 5.75 Å². The standard InChI is InChI=1S/C20H31ClN2O3S/c1-18(2,3)22-23-20(7,13-8-14-25-17(21)24)26-15-9-11-16(12-10-15)27-19(4,5)6/h9-12H,8,13-14H2,1-7H3. The van der Waals surface area contributed by atoms with Crippen LogP contribution < -0.4 is 4.74 Å². The van der Waals surface area contributed by atoms with Crippen molar-refractivity contribution in [1.29, 1.82) is 0 Å². The molecule has 5 nitrogen and oxygen atoms in total. The van der Waals surface area contributed by atoms with Crippen LogP contribution in [0.4, 0.5) is 4.79 Å². The van der Waals surface area contributed by atoms with Crippen LogP contribution in [-0.4, -0.2) is 28.0 Å². The van der Waals surface area contributed by atoms with Crippen molar-refractivity contribution in [3.63, 3.8) is 0 Å². The van der Waals surface area contributed by atoms with Crippen LogP contribution in [0.2, 0.25) is 0 Å². The Morgan fingerprint density at radius 2 is 1.63 bits per heavy atom. The molecule has 0 aliphatic rings. The van der Waals surface area contributed by atoms with Gasteiger partial charge in [0.2, 0.25) is 5.72 Å². The van der Waals surface area contributed by atoms with Crippen LogP contribution in [0.1, 0.15) is 61.3 Å². The second-order valence-electron chi connectivity index (χ2n) is 8.52. The Hall–Kier alpha value is -1.27. The number of azo groups is 1. The summed E-state index contributed by atoms with van der Waals surface area (Å²) < 4.78 is 11.1. The van der Waals surface area contributed by atoms with Crippen molar-refractivity contribution in [2.45, 2.75) is 82.2 Å². The Morgan fingerprint density at radius 3 is 2.11 bits per heavy atom. The summed E-state index contributed by atoms with van der Waals surface area (Å²) in [7, 11) is 0. The summed E-state index contributed by atoms with van der Waals surface area (Å²) in [6.07, 6.45) is 1.10. The van der Waals surface area contributed by atoms with E-state index in [2.05, 4.69) is 31.0 Å². The van der Waals surface area contributed by atoms with E-state index in [1.54, 1.807) is 11.8 Å². The molecule has 1 unspecified atom stereocenters. The van der Waals surface area contributed by atoms with Crippen LogP contribution >= 0.6 is 23.4 Å². The maximum absolute atomic E-state index is 10.7. The average Bonchev–Trinajstić information content (AvgIpc) is 2.50. The van der Waals surface area contributed by atoms with Crippen molar-refractivity contribution >= 4 is 28.8 Å². The molecule has 0 heterocycles. The molecule has 0 spiro atoms. The molecule has 7 heteroatoms. The van der Waals surface area contributed by atoms with E-state index >= 15 is 0 Å². The Balaban J connectivity index is 2.85. The molecule has 0 bridgehead atoms. The molecule has 27 heavy (non-hydrogen) atoms. The number of ether oxygens (including phenoxy) is 2. The van der Waals surface area contributed by atoms with Crippen molar-refractivity contribution < 1.29 is 14.3 Å². The van der Waals surface area contributed by atoms with E-state index in [-0.39, 0.29) is 16.9 Å². The molecule has 1 aromatic rings. The first kappa shape index (κ1) is 23.8. The molecule has 0 aromatic heterocycles. The van der Waals surface area contributed by atoms with E-state index in [9.17, 15) is 4.79 Å². The Kier molecular flexibility index (Phi) is 8.61. The predicted octanol–water partition coefficient (Wildman–Crippen LogP) is 7.08. The molecule has 0 fully saturated rings. The zero-order valence-corrected chi connectivity index (χ0v) is 18.9. The molecule has 1 aromatic carbocycles. The van der Waals surface area contributed by atoms with Gasteiger partial charge in [-0.15, -0.1) is 16.9 Å². The Morgan fingerprint density at radius 1 is 1.04 bits per heavy atom. The van der Waals surface area contributed by atoms with Gasteiger partial charge in [0.25, 0.3) is 0 Å². The summed E-state index contributed by atoms with van der Waals surface area (Å²) in [4.78, 5) is 11.9. The van der Waals surface area contributed by atoms with E-state index in [0.29, 0.717) is 12.8 Å². The number of rotatable bonds is 8. The molecule has 0 saturated heterocycles. The number of thioether (sulfide) groups is 1. The minimum absolute atomic E-state index is 0.150. The molecule has 0 amide bonds. The van der Waals surface area contributed by atoms with Crippen LogP contribution in [-0.2, 0) is 4.74 Å². The van der Waals surface area contributed by atoms with Crippen molar-refractivity contribution in [1.82, 2.24) is 0 Å². The number of carbonyl (C=O) groups excluding carboxylic acids is 1. The van der Waals surface area contributed by atoms with E-state index in [0.717, 1.165) is 5.75 Å². The van der Waals surface area contributed by atoms with E-state index < -0.39 is 11.2 Å². The SMILES string of the molecule is CC(C)(C)N=NC(C)(CCCOC(=O)Cl)Oc1ccc(SC(C)(C)C)cc1. The maximum Gasteiger partial charge on any atom is 0.403 e. The zero-order valence-electron chi connectivity index (χ0n) is 17.3. The molecule has 0 radical (unpaired) electrons. The number of carbonyl (C=O) groups is 1. The molecule has 152 valence electrons. The Bertz CT molecular complexity index is 636.